The average Bonchev–Trinajstić information content (AvgIpc) is 3.22. The van der Waals surface area contributed by atoms with Crippen molar-refractivity contribution in [3.8, 4) is 0 Å². The normalized spacial score (nSPS) is 32.5. The predicted molar refractivity (Wildman–Crippen MR) is 79.4 cm³/mol. The van der Waals surface area contributed by atoms with Gasteiger partial charge in [-0.15, -0.1) is 11.3 Å². The largest absolute Gasteiger partial charge is 0.353 e. The van der Waals surface area contributed by atoms with E-state index < -0.39 is 10.0 Å². The number of nitrogens with one attached hydrogen (secondary N) is 1. The van der Waals surface area contributed by atoms with Crippen LogP contribution >= 0.6 is 11.3 Å². The first-order valence-electron chi connectivity index (χ1n) is 7.35. The lowest BCUT2D eigenvalue weighted by Crippen LogP contribution is -2.31. The van der Waals surface area contributed by atoms with Crippen molar-refractivity contribution in [1.29, 1.82) is 0 Å². The van der Waals surface area contributed by atoms with Gasteiger partial charge in [0.15, 0.2) is 0 Å². The molecular weight excluding hydrogens is 308 g/mol. The lowest BCUT2D eigenvalue weighted by atomic mass is 10.0. The van der Waals surface area contributed by atoms with Crippen LogP contribution in [-0.2, 0) is 14.8 Å². The van der Waals surface area contributed by atoms with Crippen molar-refractivity contribution in [2.24, 2.45) is 11.3 Å². The van der Waals surface area contributed by atoms with E-state index in [0.29, 0.717) is 23.3 Å². The molecule has 1 N–H and O–H groups in total. The summed E-state index contributed by atoms with van der Waals surface area (Å²) < 4.78 is 27.0. The molecule has 1 aromatic heterocycles. The van der Waals surface area contributed by atoms with E-state index in [0.717, 1.165) is 25.7 Å². The molecule has 2 aliphatic carbocycles. The summed E-state index contributed by atoms with van der Waals surface area (Å²) in [4.78, 5) is 12.1. The van der Waals surface area contributed by atoms with E-state index in [4.69, 9.17) is 0 Å². The minimum atomic E-state index is -3.37. The first-order valence-corrected chi connectivity index (χ1v) is 9.67. The van der Waals surface area contributed by atoms with E-state index in [9.17, 15) is 13.2 Å². The van der Waals surface area contributed by atoms with Gasteiger partial charge in [-0.05, 0) is 42.5 Å². The van der Waals surface area contributed by atoms with Crippen molar-refractivity contribution in [3.05, 3.63) is 17.5 Å². The van der Waals surface area contributed by atoms with Gasteiger partial charge in [0.05, 0.1) is 0 Å². The lowest BCUT2D eigenvalue weighted by Gasteiger charge is -2.15. The van der Waals surface area contributed by atoms with Crippen molar-refractivity contribution in [3.63, 3.8) is 0 Å². The number of carbonyl (C=O) groups excluding carboxylic acids is 1. The van der Waals surface area contributed by atoms with Gasteiger partial charge < -0.3 is 5.32 Å². The van der Waals surface area contributed by atoms with Gasteiger partial charge in [-0.3, -0.25) is 4.79 Å². The van der Waals surface area contributed by atoms with Crippen molar-refractivity contribution >= 4 is 27.3 Å². The van der Waals surface area contributed by atoms with Crippen LogP contribution in [0, 0.1) is 11.3 Å². The molecule has 0 bridgehead atoms. The average molecular weight is 326 g/mol. The van der Waals surface area contributed by atoms with Gasteiger partial charge in [-0.1, -0.05) is 6.07 Å². The number of carbonyl (C=O) groups is 1. The third-order valence-electron chi connectivity index (χ3n) is 4.87. The number of thiophene rings is 1. The van der Waals surface area contributed by atoms with Crippen LogP contribution in [-0.4, -0.2) is 37.8 Å². The van der Waals surface area contributed by atoms with Crippen molar-refractivity contribution in [2.45, 2.75) is 35.9 Å². The second kappa shape index (κ2) is 4.54. The summed E-state index contributed by atoms with van der Waals surface area (Å²) in [6.07, 6.45) is 3.82. The number of rotatable bonds is 4. The van der Waals surface area contributed by atoms with E-state index in [2.05, 4.69) is 5.32 Å². The first kappa shape index (κ1) is 13.7. The molecule has 114 valence electrons. The number of amides is 1. The Morgan fingerprint density at radius 2 is 2.24 bits per heavy atom. The summed E-state index contributed by atoms with van der Waals surface area (Å²) in [5.41, 5.74) is -0.0939. The highest BCUT2D eigenvalue weighted by molar-refractivity contribution is 7.91. The van der Waals surface area contributed by atoms with Crippen LogP contribution in [0.3, 0.4) is 0 Å². The van der Waals surface area contributed by atoms with Gasteiger partial charge in [-0.2, -0.15) is 4.31 Å². The Balaban J connectivity index is 1.45. The Kier molecular flexibility index (Phi) is 2.96. The van der Waals surface area contributed by atoms with Crippen molar-refractivity contribution < 1.29 is 13.2 Å². The maximum atomic E-state index is 12.5. The Morgan fingerprint density at radius 1 is 1.43 bits per heavy atom. The van der Waals surface area contributed by atoms with Crippen LogP contribution in [0.25, 0.3) is 0 Å². The Bertz CT molecular complexity index is 666. The number of hydrogen-bond acceptors (Lipinski definition) is 4. The number of nitrogens with zero attached hydrogens (tertiary/aromatic N) is 1. The molecule has 2 heterocycles. The maximum absolute atomic E-state index is 12.5. The molecule has 0 aromatic carbocycles. The molecule has 1 saturated heterocycles. The molecule has 21 heavy (non-hydrogen) atoms. The summed E-state index contributed by atoms with van der Waals surface area (Å²) in [7, 11) is -3.37. The fraction of sp³-hybridized carbons (Fsp3) is 0.643. The topological polar surface area (TPSA) is 66.5 Å². The smallest absolute Gasteiger partial charge is 0.252 e. The molecule has 1 amide bonds. The second-order valence-corrected chi connectivity index (χ2v) is 9.54. The van der Waals surface area contributed by atoms with Crippen LogP contribution in [0.1, 0.15) is 25.7 Å². The Morgan fingerprint density at radius 3 is 2.90 bits per heavy atom. The Hall–Kier alpha value is -0.920. The molecule has 2 saturated carbocycles. The monoisotopic (exact) mass is 326 g/mol. The highest BCUT2D eigenvalue weighted by atomic mass is 32.2. The quantitative estimate of drug-likeness (QED) is 0.910. The molecule has 0 unspecified atom stereocenters. The van der Waals surface area contributed by atoms with Crippen LogP contribution in [0.2, 0.25) is 0 Å². The maximum Gasteiger partial charge on any atom is 0.252 e. The van der Waals surface area contributed by atoms with Crippen LogP contribution < -0.4 is 5.32 Å². The molecule has 3 fully saturated rings. The van der Waals surface area contributed by atoms with E-state index in [1.807, 2.05) is 0 Å². The fourth-order valence-corrected chi connectivity index (χ4v) is 5.98. The molecule has 1 aliphatic heterocycles. The van der Waals surface area contributed by atoms with Crippen molar-refractivity contribution in [1.82, 2.24) is 9.62 Å². The molecule has 0 radical (unpaired) electrons. The highest BCUT2D eigenvalue weighted by Crippen LogP contribution is 2.59. The van der Waals surface area contributed by atoms with Gasteiger partial charge in [0.2, 0.25) is 5.91 Å². The minimum absolute atomic E-state index is 0.0154. The standard InChI is InChI=1S/C14H18N2O3S2/c17-13(15-10-3-4-10)11-8-14(11)5-6-16(9-14)21(18,19)12-2-1-7-20-12/h1-2,7,10-11H,3-6,8-9H2,(H,15,17)/t11-,14+/m0/s1. The summed E-state index contributed by atoms with van der Waals surface area (Å²) in [6, 6.07) is 3.78. The van der Waals surface area contributed by atoms with E-state index in [-0.39, 0.29) is 17.2 Å². The number of sulfonamides is 1. The molecular formula is C14H18N2O3S2. The molecule has 1 aromatic rings. The molecule has 7 heteroatoms. The van der Waals surface area contributed by atoms with Gasteiger partial charge in [0, 0.05) is 25.0 Å². The van der Waals surface area contributed by atoms with Crippen molar-refractivity contribution in [2.75, 3.05) is 13.1 Å². The van der Waals surface area contributed by atoms with Gasteiger partial charge >= 0.3 is 0 Å². The molecule has 5 nitrogen and oxygen atoms in total. The third-order valence-corrected chi connectivity index (χ3v) is 8.09. The number of hydrogen-bond donors (Lipinski definition) is 1. The molecule has 1 spiro atoms. The van der Waals surface area contributed by atoms with Gasteiger partial charge in [-0.25, -0.2) is 8.42 Å². The van der Waals surface area contributed by atoms with Gasteiger partial charge in [0.25, 0.3) is 10.0 Å². The zero-order chi connectivity index (χ0) is 14.7. The van der Waals surface area contributed by atoms with Gasteiger partial charge in [0.1, 0.15) is 4.21 Å². The van der Waals surface area contributed by atoms with E-state index >= 15 is 0 Å². The third kappa shape index (κ3) is 2.31. The zero-order valence-electron chi connectivity index (χ0n) is 11.6. The summed E-state index contributed by atoms with van der Waals surface area (Å²) >= 11 is 1.25. The zero-order valence-corrected chi connectivity index (χ0v) is 13.3. The summed E-state index contributed by atoms with van der Waals surface area (Å²) in [6.45, 7) is 1.03. The van der Waals surface area contributed by atoms with E-state index in [1.54, 1.807) is 21.8 Å². The molecule has 2 atom stereocenters. The first-order chi connectivity index (χ1) is 10.0. The highest BCUT2D eigenvalue weighted by Gasteiger charge is 2.62. The van der Waals surface area contributed by atoms with E-state index in [1.165, 1.54) is 11.3 Å². The fourth-order valence-electron chi connectivity index (χ4n) is 3.30. The summed E-state index contributed by atoms with van der Waals surface area (Å²) in [5.74, 6) is 0.148. The molecule has 4 rings (SSSR count). The van der Waals surface area contributed by atoms with Crippen LogP contribution in [0.15, 0.2) is 21.7 Å². The predicted octanol–water partition coefficient (Wildman–Crippen LogP) is 1.43. The van der Waals surface area contributed by atoms with Crippen LogP contribution in [0.5, 0.6) is 0 Å². The molecule has 3 aliphatic rings. The lowest BCUT2D eigenvalue weighted by molar-refractivity contribution is -0.123. The van der Waals surface area contributed by atoms with Crippen LogP contribution in [0.4, 0.5) is 0 Å². The minimum Gasteiger partial charge on any atom is -0.353 e. The summed E-state index contributed by atoms with van der Waals surface area (Å²) in [5, 5.41) is 4.82. The second-order valence-electron chi connectivity index (χ2n) is 6.42. The Labute approximate surface area is 128 Å². The SMILES string of the molecule is O=C(NC1CC1)[C@@H]1C[C@@]12CCN(S(=O)(=O)c1cccs1)C2.